The van der Waals surface area contributed by atoms with Crippen molar-refractivity contribution in [3.05, 3.63) is 54.1 Å². The zero-order valence-corrected chi connectivity index (χ0v) is 19.0. The number of carbonyl (C=O) groups excluding carboxylic acids is 2. The molecule has 2 aromatic carbocycles. The molecule has 1 aliphatic carbocycles. The van der Waals surface area contributed by atoms with Gasteiger partial charge in [-0.05, 0) is 49.6 Å². The lowest BCUT2D eigenvalue weighted by Crippen LogP contribution is -2.50. The topological polar surface area (TPSA) is 77.1 Å². The van der Waals surface area contributed by atoms with Crippen molar-refractivity contribution >= 4 is 11.8 Å². The van der Waals surface area contributed by atoms with Crippen LogP contribution in [0.3, 0.4) is 0 Å². The monoisotopic (exact) mass is 440 g/mol. The number of para-hydroxylation sites is 2. The van der Waals surface area contributed by atoms with Gasteiger partial charge in [-0.25, -0.2) is 0 Å². The van der Waals surface area contributed by atoms with Crippen molar-refractivity contribution in [2.75, 3.05) is 20.8 Å². The molecule has 2 amide bonds. The lowest BCUT2D eigenvalue weighted by atomic mass is 10.1. The molecule has 1 N–H and O–H groups in total. The normalized spacial score (nSPS) is 14.5. The predicted octanol–water partition coefficient (Wildman–Crippen LogP) is 3.56. The van der Waals surface area contributed by atoms with Crippen LogP contribution in [0.4, 0.5) is 0 Å². The Bertz CT molecular complexity index is 911. The Hall–Kier alpha value is -3.22. The van der Waals surface area contributed by atoms with Crippen molar-refractivity contribution < 1.29 is 23.8 Å². The van der Waals surface area contributed by atoms with Crippen molar-refractivity contribution in [2.45, 2.75) is 51.2 Å². The third-order valence-electron chi connectivity index (χ3n) is 5.78. The molecule has 1 fully saturated rings. The molecular formula is C25H32N2O5. The Kier molecular flexibility index (Phi) is 8.36. The minimum atomic E-state index is -0.643. The fourth-order valence-electron chi connectivity index (χ4n) is 3.90. The highest BCUT2D eigenvalue weighted by Gasteiger charge is 2.29. The number of carbonyl (C=O) groups is 2. The molecule has 32 heavy (non-hydrogen) atoms. The van der Waals surface area contributed by atoms with Gasteiger partial charge in [-0.3, -0.25) is 9.59 Å². The number of methoxy groups -OCH3 is 2. The van der Waals surface area contributed by atoms with Gasteiger partial charge in [-0.1, -0.05) is 37.1 Å². The summed E-state index contributed by atoms with van der Waals surface area (Å²) in [5.41, 5.74) is 0.871. The first-order chi connectivity index (χ1) is 15.5. The molecule has 0 aliphatic heterocycles. The van der Waals surface area contributed by atoms with Gasteiger partial charge in [0, 0.05) is 12.6 Å². The molecule has 1 aliphatic rings. The Morgan fingerprint density at radius 2 is 1.75 bits per heavy atom. The summed E-state index contributed by atoms with van der Waals surface area (Å²) in [5, 5.41) is 3.10. The summed E-state index contributed by atoms with van der Waals surface area (Å²) in [7, 11) is 3.15. The average molecular weight is 441 g/mol. The molecule has 0 radical (unpaired) electrons. The standard InChI is InChI=1S/C25H32N2O5/c1-18(25(29)26-20-10-4-5-11-20)27(16-19-9-8-12-21(15-19)30-2)24(28)17-32-23-14-7-6-13-22(23)31-3/h6-9,12-15,18,20H,4-5,10-11,16-17H2,1-3H3,(H,26,29)/t18-/m0/s1. The maximum absolute atomic E-state index is 13.2. The van der Waals surface area contributed by atoms with Gasteiger partial charge in [0.05, 0.1) is 14.2 Å². The number of hydrogen-bond acceptors (Lipinski definition) is 5. The highest BCUT2D eigenvalue weighted by atomic mass is 16.5. The molecule has 7 nitrogen and oxygen atoms in total. The van der Waals surface area contributed by atoms with Gasteiger partial charge < -0.3 is 24.4 Å². The van der Waals surface area contributed by atoms with Crippen LogP contribution in [0, 0.1) is 0 Å². The smallest absolute Gasteiger partial charge is 0.261 e. The van der Waals surface area contributed by atoms with E-state index in [1.807, 2.05) is 36.4 Å². The van der Waals surface area contributed by atoms with Crippen molar-refractivity contribution in [2.24, 2.45) is 0 Å². The highest BCUT2D eigenvalue weighted by molar-refractivity contribution is 5.88. The maximum Gasteiger partial charge on any atom is 0.261 e. The van der Waals surface area contributed by atoms with E-state index in [-0.39, 0.29) is 31.0 Å². The van der Waals surface area contributed by atoms with Gasteiger partial charge in [0.25, 0.3) is 5.91 Å². The SMILES string of the molecule is COc1cccc(CN(C(=O)COc2ccccc2OC)[C@@H](C)C(=O)NC2CCCC2)c1. The van der Waals surface area contributed by atoms with Gasteiger partial charge in [0.1, 0.15) is 11.8 Å². The van der Waals surface area contributed by atoms with Crippen LogP contribution in [-0.2, 0) is 16.1 Å². The van der Waals surface area contributed by atoms with Crippen LogP contribution in [0.2, 0.25) is 0 Å². The average Bonchev–Trinajstić information content (AvgIpc) is 3.33. The summed E-state index contributed by atoms with van der Waals surface area (Å²) in [5.74, 6) is 1.29. The summed E-state index contributed by atoms with van der Waals surface area (Å²) in [4.78, 5) is 27.7. The second-order valence-corrected chi connectivity index (χ2v) is 7.98. The van der Waals surface area contributed by atoms with Crippen LogP contribution >= 0.6 is 0 Å². The number of rotatable bonds is 10. The number of ether oxygens (including phenoxy) is 3. The van der Waals surface area contributed by atoms with Gasteiger partial charge in [0.2, 0.25) is 5.91 Å². The first kappa shape index (κ1) is 23.4. The fraction of sp³-hybridized carbons (Fsp3) is 0.440. The quantitative estimate of drug-likeness (QED) is 0.611. The number of hydrogen-bond donors (Lipinski definition) is 1. The first-order valence-electron chi connectivity index (χ1n) is 11.0. The number of nitrogens with zero attached hydrogens (tertiary/aromatic N) is 1. The van der Waals surface area contributed by atoms with Gasteiger partial charge in [-0.15, -0.1) is 0 Å². The van der Waals surface area contributed by atoms with Crippen LogP contribution in [0.15, 0.2) is 48.5 Å². The van der Waals surface area contributed by atoms with Gasteiger partial charge in [0.15, 0.2) is 18.1 Å². The van der Waals surface area contributed by atoms with Crippen LogP contribution in [0.25, 0.3) is 0 Å². The summed E-state index contributed by atoms with van der Waals surface area (Å²) in [6, 6.07) is 14.2. The van der Waals surface area contributed by atoms with Crippen LogP contribution in [0.5, 0.6) is 17.2 Å². The van der Waals surface area contributed by atoms with E-state index in [9.17, 15) is 9.59 Å². The van der Waals surface area contributed by atoms with Crippen LogP contribution in [-0.4, -0.2) is 49.6 Å². The largest absolute Gasteiger partial charge is 0.497 e. The van der Waals surface area contributed by atoms with E-state index >= 15 is 0 Å². The molecule has 7 heteroatoms. The Labute approximate surface area is 189 Å². The molecule has 1 saturated carbocycles. The number of benzene rings is 2. The second kappa shape index (κ2) is 11.4. The summed E-state index contributed by atoms with van der Waals surface area (Å²) >= 11 is 0. The third kappa shape index (κ3) is 6.15. The lowest BCUT2D eigenvalue weighted by Gasteiger charge is -2.29. The van der Waals surface area contributed by atoms with E-state index in [4.69, 9.17) is 14.2 Å². The second-order valence-electron chi connectivity index (χ2n) is 7.98. The summed E-state index contributed by atoms with van der Waals surface area (Å²) in [6.45, 7) is 1.82. The fourth-order valence-corrected chi connectivity index (χ4v) is 3.90. The van der Waals surface area contributed by atoms with E-state index in [1.165, 1.54) is 0 Å². The van der Waals surface area contributed by atoms with E-state index in [1.54, 1.807) is 38.2 Å². The molecule has 3 rings (SSSR count). The predicted molar refractivity (Wildman–Crippen MR) is 122 cm³/mol. The molecule has 0 saturated heterocycles. The maximum atomic E-state index is 13.2. The van der Waals surface area contributed by atoms with E-state index < -0.39 is 6.04 Å². The van der Waals surface area contributed by atoms with Gasteiger partial charge in [-0.2, -0.15) is 0 Å². The van der Waals surface area contributed by atoms with Crippen LogP contribution in [0.1, 0.15) is 38.2 Å². The van der Waals surface area contributed by atoms with Gasteiger partial charge >= 0.3 is 0 Å². The molecule has 0 bridgehead atoms. The Morgan fingerprint density at radius 3 is 2.44 bits per heavy atom. The number of amides is 2. The first-order valence-corrected chi connectivity index (χ1v) is 11.0. The van der Waals surface area contributed by atoms with Crippen LogP contribution < -0.4 is 19.5 Å². The molecule has 172 valence electrons. The molecule has 0 unspecified atom stereocenters. The third-order valence-corrected chi connectivity index (χ3v) is 5.78. The highest BCUT2D eigenvalue weighted by Crippen LogP contribution is 2.26. The van der Waals surface area contributed by atoms with Crippen molar-refractivity contribution in [1.29, 1.82) is 0 Å². The molecule has 0 aromatic heterocycles. The Balaban J connectivity index is 1.74. The van der Waals surface area contributed by atoms with Crippen molar-refractivity contribution in [3.63, 3.8) is 0 Å². The van der Waals surface area contributed by atoms with E-state index in [2.05, 4.69) is 5.32 Å². The zero-order valence-electron chi connectivity index (χ0n) is 19.0. The van der Waals surface area contributed by atoms with E-state index in [0.717, 1.165) is 31.2 Å². The van der Waals surface area contributed by atoms with Crippen molar-refractivity contribution in [3.8, 4) is 17.2 Å². The minimum Gasteiger partial charge on any atom is -0.497 e. The van der Waals surface area contributed by atoms with E-state index in [0.29, 0.717) is 17.2 Å². The summed E-state index contributed by atoms with van der Waals surface area (Å²) in [6.07, 6.45) is 4.22. The Morgan fingerprint density at radius 1 is 1.03 bits per heavy atom. The molecule has 0 spiro atoms. The molecule has 0 heterocycles. The number of nitrogens with one attached hydrogen (secondary N) is 1. The molecule has 1 atom stereocenters. The zero-order chi connectivity index (χ0) is 22.9. The molecule has 2 aromatic rings. The molecular weight excluding hydrogens is 408 g/mol. The summed E-state index contributed by atoms with van der Waals surface area (Å²) < 4.78 is 16.3. The van der Waals surface area contributed by atoms with Crippen molar-refractivity contribution in [1.82, 2.24) is 10.2 Å². The lowest BCUT2D eigenvalue weighted by molar-refractivity contribution is -0.142. The minimum absolute atomic E-state index is 0.148.